The minimum Gasteiger partial charge on any atom is -0.421 e. The number of rotatable bonds is 8. The van der Waals surface area contributed by atoms with Crippen molar-refractivity contribution in [2.45, 2.75) is 19.3 Å². The lowest BCUT2D eigenvalue weighted by Gasteiger charge is -2.06. The highest BCUT2D eigenvalue weighted by atomic mass is 16.4. The molecule has 0 unspecified atom stereocenters. The Labute approximate surface area is 168 Å². The van der Waals surface area contributed by atoms with Gasteiger partial charge >= 0.3 is 0 Å². The van der Waals surface area contributed by atoms with Gasteiger partial charge in [0.25, 0.3) is 0 Å². The number of carbonyl (C=O) groups is 1. The fourth-order valence-corrected chi connectivity index (χ4v) is 2.94. The van der Waals surface area contributed by atoms with Crippen molar-refractivity contribution in [3.8, 4) is 17.1 Å². The Balaban J connectivity index is 1.20. The number of hydrogen-bond donors (Lipinski definition) is 1. The maximum Gasteiger partial charge on any atom is 0.247 e. The Hall–Kier alpha value is -3.74. The molecule has 1 amide bonds. The smallest absolute Gasteiger partial charge is 0.247 e. The maximum absolute atomic E-state index is 12.1. The molecule has 4 aromatic rings. The topological polar surface area (TPSA) is 85.8 Å². The standard InChI is InChI=1S/C22H21N5O2/c28-20(11-12-21-25-26-22(29-21)18-5-2-1-3-6-18)23-15-13-17-7-9-19(10-8-17)27-16-4-14-24-27/h1-10,14,16H,11-13,15H2,(H,23,28). The summed E-state index contributed by atoms with van der Waals surface area (Å²) in [6.07, 6.45) is 5.16. The number of benzene rings is 2. The van der Waals surface area contributed by atoms with Crippen molar-refractivity contribution < 1.29 is 9.21 Å². The minimum absolute atomic E-state index is 0.0300. The molecule has 2 aromatic heterocycles. The second kappa shape index (κ2) is 8.97. The third-order valence-electron chi connectivity index (χ3n) is 4.49. The van der Waals surface area contributed by atoms with Gasteiger partial charge in [-0.05, 0) is 42.3 Å². The normalized spacial score (nSPS) is 10.8. The van der Waals surface area contributed by atoms with Crippen LogP contribution in [-0.2, 0) is 17.6 Å². The maximum atomic E-state index is 12.1. The van der Waals surface area contributed by atoms with Crippen LogP contribution >= 0.6 is 0 Å². The number of carbonyl (C=O) groups excluding carboxylic acids is 1. The second-order valence-corrected chi connectivity index (χ2v) is 6.58. The van der Waals surface area contributed by atoms with Crippen molar-refractivity contribution >= 4 is 5.91 Å². The highest BCUT2D eigenvalue weighted by Crippen LogP contribution is 2.17. The van der Waals surface area contributed by atoms with E-state index in [1.807, 2.05) is 71.5 Å². The third-order valence-corrected chi connectivity index (χ3v) is 4.49. The lowest BCUT2D eigenvalue weighted by Crippen LogP contribution is -2.25. The number of nitrogens with zero attached hydrogens (tertiary/aromatic N) is 4. The Bertz CT molecular complexity index is 1040. The molecule has 7 nitrogen and oxygen atoms in total. The Morgan fingerprint density at radius 1 is 0.966 bits per heavy atom. The van der Waals surface area contributed by atoms with Gasteiger partial charge in [0.15, 0.2) is 0 Å². The van der Waals surface area contributed by atoms with Gasteiger partial charge in [-0.15, -0.1) is 10.2 Å². The number of aryl methyl sites for hydroxylation is 1. The number of aromatic nitrogens is 4. The van der Waals surface area contributed by atoms with Gasteiger partial charge in [0.1, 0.15) is 0 Å². The lowest BCUT2D eigenvalue weighted by atomic mass is 10.1. The van der Waals surface area contributed by atoms with Gasteiger partial charge in [-0.2, -0.15) is 5.10 Å². The Morgan fingerprint density at radius 2 is 1.79 bits per heavy atom. The molecule has 146 valence electrons. The number of nitrogens with one attached hydrogen (secondary N) is 1. The van der Waals surface area contributed by atoms with Crippen LogP contribution < -0.4 is 5.32 Å². The molecule has 0 aliphatic carbocycles. The molecule has 0 saturated heterocycles. The molecule has 2 aromatic carbocycles. The molecule has 1 N–H and O–H groups in total. The van der Waals surface area contributed by atoms with E-state index in [4.69, 9.17) is 4.42 Å². The molecular weight excluding hydrogens is 366 g/mol. The van der Waals surface area contributed by atoms with Crippen LogP contribution in [0.5, 0.6) is 0 Å². The van der Waals surface area contributed by atoms with Gasteiger partial charge in [-0.1, -0.05) is 30.3 Å². The van der Waals surface area contributed by atoms with Gasteiger partial charge in [0, 0.05) is 37.3 Å². The summed E-state index contributed by atoms with van der Waals surface area (Å²) in [5.41, 5.74) is 3.04. The molecule has 0 radical (unpaired) electrons. The first kappa shape index (κ1) is 18.6. The predicted molar refractivity (Wildman–Crippen MR) is 108 cm³/mol. The number of amides is 1. The zero-order valence-corrected chi connectivity index (χ0v) is 15.9. The van der Waals surface area contributed by atoms with Gasteiger partial charge in [-0.3, -0.25) is 4.79 Å². The van der Waals surface area contributed by atoms with Crippen molar-refractivity contribution in [2.24, 2.45) is 0 Å². The predicted octanol–water partition coefficient (Wildman–Crippen LogP) is 3.21. The summed E-state index contributed by atoms with van der Waals surface area (Å²) in [5, 5.41) is 15.2. The van der Waals surface area contributed by atoms with E-state index >= 15 is 0 Å². The molecule has 0 atom stereocenters. The van der Waals surface area contributed by atoms with E-state index in [1.165, 1.54) is 0 Å². The van der Waals surface area contributed by atoms with E-state index in [1.54, 1.807) is 6.20 Å². The summed E-state index contributed by atoms with van der Waals surface area (Å²) in [6, 6.07) is 19.6. The highest BCUT2D eigenvalue weighted by molar-refractivity contribution is 5.76. The molecule has 2 heterocycles. The summed E-state index contributed by atoms with van der Waals surface area (Å²) in [5.74, 6) is 0.908. The third kappa shape index (κ3) is 4.95. The van der Waals surface area contributed by atoms with E-state index in [2.05, 4.69) is 20.6 Å². The summed E-state index contributed by atoms with van der Waals surface area (Å²) in [6.45, 7) is 0.582. The molecule has 0 spiro atoms. The van der Waals surface area contributed by atoms with Crippen LogP contribution in [0.2, 0.25) is 0 Å². The van der Waals surface area contributed by atoms with E-state index in [0.29, 0.717) is 31.2 Å². The molecule has 0 fully saturated rings. The average Bonchev–Trinajstić information content (AvgIpc) is 3.46. The fourth-order valence-electron chi connectivity index (χ4n) is 2.94. The lowest BCUT2D eigenvalue weighted by molar-refractivity contribution is -0.121. The van der Waals surface area contributed by atoms with Crippen molar-refractivity contribution in [2.75, 3.05) is 6.54 Å². The molecule has 0 aliphatic heterocycles. The molecule has 0 saturated carbocycles. The number of hydrogen-bond acceptors (Lipinski definition) is 5. The van der Waals surface area contributed by atoms with Gasteiger partial charge in [-0.25, -0.2) is 4.68 Å². The van der Waals surface area contributed by atoms with Crippen molar-refractivity contribution in [3.63, 3.8) is 0 Å². The largest absolute Gasteiger partial charge is 0.421 e. The van der Waals surface area contributed by atoms with Gasteiger partial charge in [0.2, 0.25) is 17.7 Å². The SMILES string of the molecule is O=C(CCc1nnc(-c2ccccc2)o1)NCCc1ccc(-n2cccn2)cc1. The van der Waals surface area contributed by atoms with Crippen molar-refractivity contribution in [3.05, 3.63) is 84.5 Å². The molecule has 7 heteroatoms. The molecular formula is C22H21N5O2. The average molecular weight is 387 g/mol. The summed E-state index contributed by atoms with van der Waals surface area (Å²) in [7, 11) is 0. The first-order chi connectivity index (χ1) is 14.3. The highest BCUT2D eigenvalue weighted by Gasteiger charge is 2.10. The second-order valence-electron chi connectivity index (χ2n) is 6.58. The monoisotopic (exact) mass is 387 g/mol. The van der Waals surface area contributed by atoms with Crippen LogP contribution in [0.3, 0.4) is 0 Å². The van der Waals surface area contributed by atoms with Crippen LogP contribution in [0.25, 0.3) is 17.1 Å². The Morgan fingerprint density at radius 3 is 2.55 bits per heavy atom. The van der Waals surface area contributed by atoms with Crippen molar-refractivity contribution in [1.82, 2.24) is 25.3 Å². The molecule has 0 bridgehead atoms. The van der Waals surface area contributed by atoms with Crippen LogP contribution in [0, 0.1) is 0 Å². The van der Waals surface area contributed by atoms with E-state index in [-0.39, 0.29) is 5.91 Å². The first-order valence-corrected chi connectivity index (χ1v) is 9.51. The molecule has 4 rings (SSSR count). The summed E-state index contributed by atoms with van der Waals surface area (Å²) >= 11 is 0. The zero-order valence-electron chi connectivity index (χ0n) is 15.9. The first-order valence-electron chi connectivity index (χ1n) is 9.51. The zero-order chi connectivity index (χ0) is 19.9. The molecule has 29 heavy (non-hydrogen) atoms. The summed E-state index contributed by atoms with van der Waals surface area (Å²) in [4.78, 5) is 12.1. The molecule has 0 aliphatic rings. The van der Waals surface area contributed by atoms with Gasteiger partial charge in [0.05, 0.1) is 5.69 Å². The van der Waals surface area contributed by atoms with Crippen LogP contribution in [0.4, 0.5) is 0 Å². The van der Waals surface area contributed by atoms with Gasteiger partial charge < -0.3 is 9.73 Å². The van der Waals surface area contributed by atoms with Crippen LogP contribution in [0.1, 0.15) is 17.9 Å². The van der Waals surface area contributed by atoms with Crippen LogP contribution in [-0.4, -0.2) is 32.4 Å². The Kier molecular flexibility index (Phi) is 5.76. The van der Waals surface area contributed by atoms with E-state index in [0.717, 1.165) is 23.2 Å². The van der Waals surface area contributed by atoms with Crippen molar-refractivity contribution in [1.29, 1.82) is 0 Å². The van der Waals surface area contributed by atoms with E-state index in [9.17, 15) is 4.79 Å². The minimum atomic E-state index is -0.0300. The summed E-state index contributed by atoms with van der Waals surface area (Å²) < 4.78 is 7.44. The quantitative estimate of drug-likeness (QED) is 0.502. The van der Waals surface area contributed by atoms with Crippen LogP contribution in [0.15, 0.2) is 77.5 Å². The van der Waals surface area contributed by atoms with E-state index < -0.39 is 0 Å². The fraction of sp³-hybridized carbons (Fsp3) is 0.182.